The number of aryl methyl sites for hydroxylation is 1. The van der Waals surface area contributed by atoms with Crippen molar-refractivity contribution in [1.82, 2.24) is 4.98 Å². The van der Waals surface area contributed by atoms with Crippen LogP contribution in [-0.2, 0) is 6.42 Å². The standard InChI is InChI=1S/C15H14ClIN2O/c16-11-8-9(17)4-6-14(11)18-12-2-1-3-13-10(12)5-7-15(20)19-13/h4-8,12,18H,1-3H2,(H,19,20). The minimum Gasteiger partial charge on any atom is -0.377 e. The van der Waals surface area contributed by atoms with Crippen LogP contribution in [0.5, 0.6) is 0 Å². The number of aromatic nitrogens is 1. The van der Waals surface area contributed by atoms with Gasteiger partial charge in [-0.1, -0.05) is 11.6 Å². The van der Waals surface area contributed by atoms with Gasteiger partial charge in [0.25, 0.3) is 0 Å². The highest BCUT2D eigenvalue weighted by molar-refractivity contribution is 14.1. The molecule has 1 aromatic carbocycles. The van der Waals surface area contributed by atoms with E-state index in [9.17, 15) is 4.79 Å². The summed E-state index contributed by atoms with van der Waals surface area (Å²) in [4.78, 5) is 14.3. The van der Waals surface area contributed by atoms with Crippen molar-refractivity contribution in [2.45, 2.75) is 25.3 Å². The number of aromatic amines is 1. The summed E-state index contributed by atoms with van der Waals surface area (Å²) in [5, 5.41) is 4.22. The number of H-pyrrole nitrogens is 1. The van der Waals surface area contributed by atoms with Gasteiger partial charge < -0.3 is 10.3 Å². The molecule has 1 aliphatic rings. The molecule has 3 nitrogen and oxygen atoms in total. The van der Waals surface area contributed by atoms with Gasteiger partial charge in [0.15, 0.2) is 0 Å². The molecule has 0 aliphatic heterocycles. The molecule has 0 fully saturated rings. The lowest BCUT2D eigenvalue weighted by Gasteiger charge is -2.27. The molecule has 20 heavy (non-hydrogen) atoms. The number of hydrogen-bond donors (Lipinski definition) is 2. The van der Waals surface area contributed by atoms with E-state index in [0.717, 1.165) is 39.2 Å². The first-order valence-corrected chi connectivity index (χ1v) is 8.03. The van der Waals surface area contributed by atoms with Crippen molar-refractivity contribution in [1.29, 1.82) is 0 Å². The zero-order valence-corrected chi connectivity index (χ0v) is 13.7. The lowest BCUT2D eigenvalue weighted by atomic mass is 9.91. The second-order valence-corrected chi connectivity index (χ2v) is 6.62. The Hall–Kier alpha value is -1.01. The molecule has 2 aromatic rings. The van der Waals surface area contributed by atoms with Gasteiger partial charge >= 0.3 is 0 Å². The minimum absolute atomic E-state index is 0.0308. The molecule has 0 spiro atoms. The predicted molar refractivity (Wildman–Crippen MR) is 90.5 cm³/mol. The second kappa shape index (κ2) is 5.77. The van der Waals surface area contributed by atoms with Crippen LogP contribution in [-0.4, -0.2) is 4.98 Å². The van der Waals surface area contributed by atoms with E-state index in [1.165, 1.54) is 5.56 Å². The fourth-order valence-electron chi connectivity index (χ4n) is 2.64. The molecule has 5 heteroatoms. The predicted octanol–water partition coefficient (Wildman–Crippen LogP) is 4.12. The van der Waals surface area contributed by atoms with Gasteiger partial charge in [-0.15, -0.1) is 0 Å². The van der Waals surface area contributed by atoms with Crippen molar-refractivity contribution in [2.75, 3.05) is 5.32 Å². The third-order valence-corrected chi connectivity index (χ3v) is 4.58. The third-order valence-electron chi connectivity index (χ3n) is 3.59. The van der Waals surface area contributed by atoms with Crippen LogP contribution in [0.1, 0.15) is 30.1 Å². The molecular weight excluding hydrogens is 387 g/mol. The minimum atomic E-state index is -0.0308. The molecule has 0 amide bonds. The third kappa shape index (κ3) is 2.86. The normalized spacial score (nSPS) is 17.6. The monoisotopic (exact) mass is 400 g/mol. The molecule has 2 N–H and O–H groups in total. The van der Waals surface area contributed by atoms with Gasteiger partial charge in [0.1, 0.15) is 0 Å². The molecule has 1 aliphatic carbocycles. The first kappa shape index (κ1) is 13.9. The van der Waals surface area contributed by atoms with E-state index in [0.29, 0.717) is 0 Å². The first-order valence-electron chi connectivity index (χ1n) is 6.57. The maximum Gasteiger partial charge on any atom is 0.248 e. The van der Waals surface area contributed by atoms with E-state index < -0.39 is 0 Å². The van der Waals surface area contributed by atoms with Crippen molar-refractivity contribution in [2.24, 2.45) is 0 Å². The highest BCUT2D eigenvalue weighted by Crippen LogP contribution is 2.33. The van der Waals surface area contributed by atoms with Gasteiger partial charge in [0.05, 0.1) is 16.8 Å². The van der Waals surface area contributed by atoms with Gasteiger partial charge in [0, 0.05) is 15.3 Å². The van der Waals surface area contributed by atoms with Gasteiger partial charge in [-0.25, -0.2) is 0 Å². The summed E-state index contributed by atoms with van der Waals surface area (Å²) in [7, 11) is 0. The summed E-state index contributed by atoms with van der Waals surface area (Å²) < 4.78 is 1.12. The number of nitrogens with one attached hydrogen (secondary N) is 2. The SMILES string of the molecule is O=c1ccc2c([nH]1)CCCC2Nc1ccc(I)cc1Cl. The Morgan fingerprint density at radius 2 is 2.15 bits per heavy atom. The summed E-state index contributed by atoms with van der Waals surface area (Å²) >= 11 is 8.52. The Morgan fingerprint density at radius 3 is 2.95 bits per heavy atom. The number of halogens is 2. The van der Waals surface area contributed by atoms with Crippen LogP contribution in [0.25, 0.3) is 0 Å². The molecule has 104 valence electrons. The quantitative estimate of drug-likeness (QED) is 0.745. The van der Waals surface area contributed by atoms with Gasteiger partial charge in [-0.3, -0.25) is 4.79 Å². The average Bonchev–Trinajstić information content (AvgIpc) is 2.41. The molecule has 0 radical (unpaired) electrons. The van der Waals surface area contributed by atoms with Crippen LogP contribution in [0.15, 0.2) is 35.1 Å². The van der Waals surface area contributed by atoms with Crippen LogP contribution >= 0.6 is 34.2 Å². The van der Waals surface area contributed by atoms with Crippen molar-refractivity contribution in [3.05, 3.63) is 60.5 Å². The number of anilines is 1. The molecule has 0 bridgehead atoms. The maximum absolute atomic E-state index is 11.4. The van der Waals surface area contributed by atoms with Gasteiger partial charge in [0.2, 0.25) is 5.56 Å². The Bertz CT molecular complexity index is 699. The fourth-order valence-corrected chi connectivity index (χ4v) is 3.55. The number of rotatable bonds is 2. The second-order valence-electron chi connectivity index (χ2n) is 4.97. The largest absolute Gasteiger partial charge is 0.377 e. The van der Waals surface area contributed by atoms with Crippen molar-refractivity contribution in [3.8, 4) is 0 Å². The Kier molecular flexibility index (Phi) is 4.03. The number of benzene rings is 1. The zero-order chi connectivity index (χ0) is 14.1. The molecular formula is C15H14ClIN2O. The van der Waals surface area contributed by atoms with Crippen LogP contribution in [0.3, 0.4) is 0 Å². The maximum atomic E-state index is 11.4. The molecule has 0 saturated carbocycles. The Labute approximate surface area is 135 Å². The highest BCUT2D eigenvalue weighted by atomic mass is 127. The van der Waals surface area contributed by atoms with Crippen LogP contribution in [0, 0.1) is 3.57 Å². The molecule has 1 atom stereocenters. The van der Waals surface area contributed by atoms with Crippen molar-refractivity contribution in [3.63, 3.8) is 0 Å². The van der Waals surface area contributed by atoms with Crippen LogP contribution in [0.4, 0.5) is 5.69 Å². The lowest BCUT2D eigenvalue weighted by molar-refractivity contribution is 0.587. The van der Waals surface area contributed by atoms with E-state index in [2.05, 4.69) is 32.9 Å². The Morgan fingerprint density at radius 1 is 1.30 bits per heavy atom. The highest BCUT2D eigenvalue weighted by Gasteiger charge is 2.21. The topological polar surface area (TPSA) is 44.9 Å². The summed E-state index contributed by atoms with van der Waals surface area (Å²) in [6, 6.07) is 9.70. The summed E-state index contributed by atoms with van der Waals surface area (Å²) in [6.45, 7) is 0. The number of pyridine rings is 1. The number of fused-ring (bicyclic) bond motifs is 1. The van der Waals surface area contributed by atoms with Crippen molar-refractivity contribution >= 4 is 39.9 Å². The Balaban J connectivity index is 1.91. The van der Waals surface area contributed by atoms with Gasteiger partial charge in [-0.2, -0.15) is 0 Å². The molecule has 1 heterocycles. The van der Waals surface area contributed by atoms with E-state index >= 15 is 0 Å². The summed E-state index contributed by atoms with van der Waals surface area (Å²) in [6.07, 6.45) is 3.04. The fraction of sp³-hybridized carbons (Fsp3) is 0.267. The van der Waals surface area contributed by atoms with Crippen LogP contribution in [0.2, 0.25) is 5.02 Å². The molecule has 0 saturated heterocycles. The van der Waals surface area contributed by atoms with E-state index in [1.54, 1.807) is 6.07 Å². The lowest BCUT2D eigenvalue weighted by Crippen LogP contribution is -2.21. The van der Waals surface area contributed by atoms with Crippen LogP contribution < -0.4 is 10.9 Å². The molecule has 1 aromatic heterocycles. The van der Waals surface area contributed by atoms with E-state index in [1.807, 2.05) is 24.3 Å². The van der Waals surface area contributed by atoms with Gasteiger partial charge in [-0.05, 0) is 71.7 Å². The molecule has 1 unspecified atom stereocenters. The average molecular weight is 401 g/mol. The van der Waals surface area contributed by atoms with Crippen molar-refractivity contribution < 1.29 is 0 Å². The molecule has 3 rings (SSSR count). The number of hydrogen-bond acceptors (Lipinski definition) is 2. The van der Waals surface area contributed by atoms with E-state index in [-0.39, 0.29) is 11.6 Å². The van der Waals surface area contributed by atoms with E-state index in [4.69, 9.17) is 11.6 Å². The summed E-state index contributed by atoms with van der Waals surface area (Å²) in [5.41, 5.74) is 3.13. The summed E-state index contributed by atoms with van der Waals surface area (Å²) in [5.74, 6) is 0. The zero-order valence-electron chi connectivity index (χ0n) is 10.7. The first-order chi connectivity index (χ1) is 9.63. The smallest absolute Gasteiger partial charge is 0.248 e.